The summed E-state index contributed by atoms with van der Waals surface area (Å²) in [6.07, 6.45) is 1.67. The van der Waals surface area contributed by atoms with E-state index in [1.54, 1.807) is 27.5 Å². The molecule has 0 bridgehead atoms. The van der Waals surface area contributed by atoms with Crippen molar-refractivity contribution in [3.05, 3.63) is 28.8 Å². The third-order valence-electron chi connectivity index (χ3n) is 2.68. The van der Waals surface area contributed by atoms with Crippen molar-refractivity contribution in [1.82, 2.24) is 4.98 Å². The van der Waals surface area contributed by atoms with Crippen molar-refractivity contribution >= 4 is 22.7 Å². The van der Waals surface area contributed by atoms with E-state index >= 15 is 0 Å². The van der Waals surface area contributed by atoms with Crippen molar-refractivity contribution in [1.29, 1.82) is 0 Å². The summed E-state index contributed by atoms with van der Waals surface area (Å²) >= 11 is 1.50. The standard InChI is InChI=1S/C14H17N3O3S/c1-9-8-21-14(16-9)17-15-7-10-5-11(18-2)13(20-4)12(6-10)19-3/h5-8H,1-4H3,(H,16,17). The van der Waals surface area contributed by atoms with E-state index in [0.717, 1.165) is 16.4 Å². The van der Waals surface area contributed by atoms with E-state index in [1.165, 1.54) is 11.3 Å². The fourth-order valence-corrected chi connectivity index (χ4v) is 2.38. The van der Waals surface area contributed by atoms with Gasteiger partial charge in [-0.15, -0.1) is 11.3 Å². The average molecular weight is 307 g/mol. The van der Waals surface area contributed by atoms with E-state index in [2.05, 4.69) is 15.5 Å². The number of thiazole rings is 1. The van der Waals surface area contributed by atoms with Gasteiger partial charge in [0.05, 0.1) is 33.2 Å². The van der Waals surface area contributed by atoms with Crippen LogP contribution in [0.5, 0.6) is 17.2 Å². The molecule has 1 N–H and O–H groups in total. The molecule has 0 aliphatic carbocycles. The second-order valence-corrected chi connectivity index (χ2v) is 4.98. The highest BCUT2D eigenvalue weighted by molar-refractivity contribution is 7.13. The van der Waals surface area contributed by atoms with Crippen LogP contribution in [-0.4, -0.2) is 32.5 Å². The monoisotopic (exact) mass is 307 g/mol. The molecule has 1 heterocycles. The molecule has 21 heavy (non-hydrogen) atoms. The zero-order valence-corrected chi connectivity index (χ0v) is 13.2. The molecule has 1 aromatic heterocycles. The second-order valence-electron chi connectivity index (χ2n) is 4.12. The molecule has 0 atom stereocenters. The van der Waals surface area contributed by atoms with Crippen molar-refractivity contribution in [2.45, 2.75) is 6.92 Å². The molecule has 0 aliphatic heterocycles. The predicted octanol–water partition coefficient (Wildman–Crippen LogP) is 2.92. The maximum absolute atomic E-state index is 5.29. The van der Waals surface area contributed by atoms with Crippen LogP contribution >= 0.6 is 11.3 Å². The lowest BCUT2D eigenvalue weighted by atomic mass is 10.2. The van der Waals surface area contributed by atoms with Crippen LogP contribution in [0.2, 0.25) is 0 Å². The number of anilines is 1. The summed E-state index contributed by atoms with van der Waals surface area (Å²) in [6.45, 7) is 1.94. The third-order valence-corrected chi connectivity index (χ3v) is 3.54. The predicted molar refractivity (Wildman–Crippen MR) is 84.2 cm³/mol. The quantitative estimate of drug-likeness (QED) is 0.656. The lowest BCUT2D eigenvalue weighted by Gasteiger charge is -2.12. The summed E-state index contributed by atoms with van der Waals surface area (Å²) in [5, 5.41) is 6.85. The van der Waals surface area contributed by atoms with Crippen LogP contribution in [0.4, 0.5) is 5.13 Å². The first-order valence-corrected chi connectivity index (χ1v) is 7.07. The summed E-state index contributed by atoms with van der Waals surface area (Å²) in [4.78, 5) is 4.26. The fourth-order valence-electron chi connectivity index (χ4n) is 1.74. The maximum atomic E-state index is 5.29. The Morgan fingerprint density at radius 2 is 1.81 bits per heavy atom. The summed E-state index contributed by atoms with van der Waals surface area (Å²) in [6, 6.07) is 3.64. The molecule has 0 aliphatic rings. The van der Waals surface area contributed by atoms with Gasteiger partial charge in [0.2, 0.25) is 10.9 Å². The molecule has 7 heteroatoms. The molecule has 0 saturated heterocycles. The first-order chi connectivity index (χ1) is 10.2. The lowest BCUT2D eigenvalue weighted by Crippen LogP contribution is -1.97. The van der Waals surface area contributed by atoms with Crippen LogP contribution < -0.4 is 19.6 Å². The molecular formula is C14H17N3O3S. The van der Waals surface area contributed by atoms with E-state index < -0.39 is 0 Å². The minimum atomic E-state index is 0.556. The SMILES string of the molecule is COc1cc(C=NNc2nc(C)cs2)cc(OC)c1OC. The lowest BCUT2D eigenvalue weighted by molar-refractivity contribution is 0.324. The summed E-state index contributed by atoms with van der Waals surface area (Å²) in [5.41, 5.74) is 4.67. The van der Waals surface area contributed by atoms with Crippen molar-refractivity contribution in [3.8, 4) is 17.2 Å². The van der Waals surface area contributed by atoms with Crippen LogP contribution in [0, 0.1) is 6.92 Å². The molecule has 0 radical (unpaired) electrons. The number of nitrogens with one attached hydrogen (secondary N) is 1. The highest BCUT2D eigenvalue weighted by Gasteiger charge is 2.12. The Hall–Kier alpha value is -2.28. The number of hydrogen-bond acceptors (Lipinski definition) is 7. The summed E-state index contributed by atoms with van der Waals surface area (Å²) in [7, 11) is 4.73. The number of nitrogens with zero attached hydrogens (tertiary/aromatic N) is 2. The Labute approximate surface area is 127 Å². The second kappa shape index (κ2) is 6.94. The zero-order chi connectivity index (χ0) is 15.2. The van der Waals surface area contributed by atoms with Gasteiger partial charge in [-0.2, -0.15) is 5.10 Å². The van der Waals surface area contributed by atoms with Crippen LogP contribution in [0.3, 0.4) is 0 Å². The molecular weight excluding hydrogens is 290 g/mol. The number of aromatic nitrogens is 1. The molecule has 0 amide bonds. The number of rotatable bonds is 6. The first kappa shape index (κ1) is 15.1. The molecule has 0 unspecified atom stereocenters. The van der Waals surface area contributed by atoms with Crippen LogP contribution in [0.15, 0.2) is 22.6 Å². The number of aryl methyl sites for hydroxylation is 1. The number of ether oxygens (including phenoxy) is 3. The molecule has 0 fully saturated rings. The van der Waals surface area contributed by atoms with Gasteiger partial charge in [-0.1, -0.05) is 0 Å². The average Bonchev–Trinajstić information content (AvgIpc) is 2.91. The van der Waals surface area contributed by atoms with E-state index in [1.807, 2.05) is 24.4 Å². The van der Waals surface area contributed by atoms with Crippen molar-refractivity contribution < 1.29 is 14.2 Å². The summed E-state index contributed by atoms with van der Waals surface area (Å²) < 4.78 is 15.9. The Morgan fingerprint density at radius 1 is 1.14 bits per heavy atom. The number of hydrogen-bond donors (Lipinski definition) is 1. The smallest absolute Gasteiger partial charge is 0.203 e. The van der Waals surface area contributed by atoms with Gasteiger partial charge in [0.1, 0.15) is 0 Å². The molecule has 1 aromatic carbocycles. The minimum absolute atomic E-state index is 0.556. The molecule has 2 aromatic rings. The Morgan fingerprint density at radius 3 is 2.29 bits per heavy atom. The number of methoxy groups -OCH3 is 3. The van der Waals surface area contributed by atoms with Gasteiger partial charge in [0.25, 0.3) is 0 Å². The number of hydrazone groups is 1. The normalized spacial score (nSPS) is 10.7. The largest absolute Gasteiger partial charge is 0.493 e. The van der Waals surface area contributed by atoms with Crippen molar-refractivity contribution in [2.75, 3.05) is 26.8 Å². The van der Waals surface area contributed by atoms with Crippen LogP contribution in [0.1, 0.15) is 11.3 Å². The Balaban J connectivity index is 2.19. The maximum Gasteiger partial charge on any atom is 0.203 e. The van der Waals surface area contributed by atoms with Crippen molar-refractivity contribution in [3.63, 3.8) is 0 Å². The van der Waals surface area contributed by atoms with Gasteiger partial charge in [0, 0.05) is 10.9 Å². The zero-order valence-electron chi connectivity index (χ0n) is 12.3. The van der Waals surface area contributed by atoms with Crippen molar-refractivity contribution in [2.24, 2.45) is 5.10 Å². The molecule has 6 nitrogen and oxygen atoms in total. The molecule has 0 saturated carbocycles. The van der Waals surface area contributed by atoms with Crippen LogP contribution in [0.25, 0.3) is 0 Å². The minimum Gasteiger partial charge on any atom is -0.493 e. The van der Waals surface area contributed by atoms with Gasteiger partial charge in [-0.3, -0.25) is 5.43 Å². The van der Waals surface area contributed by atoms with E-state index in [4.69, 9.17) is 14.2 Å². The van der Waals surface area contributed by atoms with Gasteiger partial charge in [-0.25, -0.2) is 4.98 Å². The number of benzene rings is 1. The molecule has 2 rings (SSSR count). The van der Waals surface area contributed by atoms with Gasteiger partial charge in [-0.05, 0) is 19.1 Å². The molecule has 0 spiro atoms. The van der Waals surface area contributed by atoms with Gasteiger partial charge >= 0.3 is 0 Å². The Kier molecular flexibility index (Phi) is 4.99. The topological polar surface area (TPSA) is 65.0 Å². The van der Waals surface area contributed by atoms with Gasteiger partial charge < -0.3 is 14.2 Å². The molecule has 112 valence electrons. The third kappa shape index (κ3) is 3.63. The highest BCUT2D eigenvalue weighted by Crippen LogP contribution is 2.37. The highest BCUT2D eigenvalue weighted by atomic mass is 32.1. The summed E-state index contributed by atoms with van der Waals surface area (Å²) in [5.74, 6) is 1.73. The first-order valence-electron chi connectivity index (χ1n) is 6.19. The van der Waals surface area contributed by atoms with E-state index in [0.29, 0.717) is 17.2 Å². The van der Waals surface area contributed by atoms with E-state index in [9.17, 15) is 0 Å². The van der Waals surface area contributed by atoms with Gasteiger partial charge in [0.15, 0.2) is 11.5 Å². The fraction of sp³-hybridized carbons (Fsp3) is 0.286. The Bertz CT molecular complexity index is 615. The van der Waals surface area contributed by atoms with E-state index in [-0.39, 0.29) is 0 Å². The van der Waals surface area contributed by atoms with Crippen LogP contribution in [-0.2, 0) is 0 Å².